The summed E-state index contributed by atoms with van der Waals surface area (Å²) in [4.78, 5) is 14.5. The maximum Gasteiger partial charge on any atom is 0.246 e. The summed E-state index contributed by atoms with van der Waals surface area (Å²) in [5.74, 6) is 1.38. The number of carbonyl (C=O) groups is 1. The van der Waals surface area contributed by atoms with Gasteiger partial charge in [-0.1, -0.05) is 12.1 Å². The number of amides is 1. The molecule has 0 aromatic heterocycles. The van der Waals surface area contributed by atoms with Gasteiger partial charge in [0.15, 0.2) is 0 Å². The molecule has 1 aliphatic rings. The number of rotatable bonds is 6. The second-order valence-electron chi connectivity index (χ2n) is 6.01. The number of benzene rings is 1. The SMILES string of the molecule is CCOCC1CCCN(C(=O)/C=C(\C)c2ccc(OC)cc2)C1. The second kappa shape index (κ2) is 8.73. The van der Waals surface area contributed by atoms with Gasteiger partial charge in [-0.15, -0.1) is 0 Å². The lowest BCUT2D eigenvalue weighted by Crippen LogP contribution is -2.40. The summed E-state index contributed by atoms with van der Waals surface area (Å²) in [6, 6.07) is 7.78. The van der Waals surface area contributed by atoms with Crippen molar-refractivity contribution in [2.45, 2.75) is 26.7 Å². The van der Waals surface area contributed by atoms with Crippen molar-refractivity contribution in [1.29, 1.82) is 0 Å². The average molecular weight is 317 g/mol. The van der Waals surface area contributed by atoms with Crippen molar-refractivity contribution in [1.82, 2.24) is 4.90 Å². The van der Waals surface area contributed by atoms with Crippen LogP contribution >= 0.6 is 0 Å². The fourth-order valence-electron chi connectivity index (χ4n) is 2.90. The molecule has 0 saturated carbocycles. The zero-order valence-corrected chi connectivity index (χ0v) is 14.4. The molecule has 1 atom stereocenters. The number of carbonyl (C=O) groups excluding carboxylic acids is 1. The Balaban J connectivity index is 1.98. The van der Waals surface area contributed by atoms with E-state index in [1.807, 2.05) is 43.0 Å². The summed E-state index contributed by atoms with van der Waals surface area (Å²) >= 11 is 0. The van der Waals surface area contributed by atoms with E-state index in [0.717, 1.165) is 56.0 Å². The van der Waals surface area contributed by atoms with Crippen molar-refractivity contribution in [2.75, 3.05) is 33.4 Å². The lowest BCUT2D eigenvalue weighted by atomic mass is 9.98. The van der Waals surface area contributed by atoms with Crippen LogP contribution in [0.5, 0.6) is 5.75 Å². The molecule has 4 heteroatoms. The minimum atomic E-state index is 0.0968. The summed E-state index contributed by atoms with van der Waals surface area (Å²) < 4.78 is 10.7. The fourth-order valence-corrected chi connectivity index (χ4v) is 2.90. The van der Waals surface area contributed by atoms with Gasteiger partial charge < -0.3 is 14.4 Å². The quantitative estimate of drug-likeness (QED) is 0.755. The predicted octanol–water partition coefficient (Wildman–Crippen LogP) is 3.37. The van der Waals surface area contributed by atoms with Crippen LogP contribution in [0.15, 0.2) is 30.3 Å². The van der Waals surface area contributed by atoms with Crippen LogP contribution in [-0.4, -0.2) is 44.2 Å². The molecular formula is C19H27NO3. The number of ether oxygens (including phenoxy) is 2. The van der Waals surface area contributed by atoms with E-state index in [0.29, 0.717) is 5.92 Å². The van der Waals surface area contributed by atoms with Gasteiger partial charge in [0.2, 0.25) is 5.91 Å². The van der Waals surface area contributed by atoms with Gasteiger partial charge >= 0.3 is 0 Å². The average Bonchev–Trinajstić information content (AvgIpc) is 2.60. The molecule has 0 radical (unpaired) electrons. The normalized spacial score (nSPS) is 18.8. The fraction of sp³-hybridized carbons (Fsp3) is 0.526. The van der Waals surface area contributed by atoms with Gasteiger partial charge in [0.25, 0.3) is 0 Å². The Labute approximate surface area is 139 Å². The molecular weight excluding hydrogens is 290 g/mol. The smallest absolute Gasteiger partial charge is 0.246 e. The largest absolute Gasteiger partial charge is 0.497 e. The van der Waals surface area contributed by atoms with Crippen molar-refractivity contribution in [3.8, 4) is 5.75 Å². The highest BCUT2D eigenvalue weighted by atomic mass is 16.5. The third-order valence-corrected chi connectivity index (χ3v) is 4.27. The van der Waals surface area contributed by atoms with Crippen molar-refractivity contribution in [2.24, 2.45) is 5.92 Å². The molecule has 1 aromatic rings. The minimum absolute atomic E-state index is 0.0968. The maximum absolute atomic E-state index is 12.5. The molecule has 126 valence electrons. The summed E-state index contributed by atoms with van der Waals surface area (Å²) in [6.45, 7) is 7.11. The van der Waals surface area contributed by atoms with Crippen molar-refractivity contribution in [3.05, 3.63) is 35.9 Å². The van der Waals surface area contributed by atoms with Crippen molar-refractivity contribution >= 4 is 11.5 Å². The summed E-state index contributed by atoms with van der Waals surface area (Å²) in [5.41, 5.74) is 2.02. The number of nitrogens with zero attached hydrogens (tertiary/aromatic N) is 1. The van der Waals surface area contributed by atoms with E-state index in [9.17, 15) is 4.79 Å². The zero-order chi connectivity index (χ0) is 16.7. The number of hydrogen-bond donors (Lipinski definition) is 0. The Hall–Kier alpha value is -1.81. The molecule has 1 aromatic carbocycles. The zero-order valence-electron chi connectivity index (χ0n) is 14.4. The Morgan fingerprint density at radius 3 is 2.74 bits per heavy atom. The van der Waals surface area contributed by atoms with Gasteiger partial charge in [0.05, 0.1) is 13.7 Å². The Morgan fingerprint density at radius 2 is 2.09 bits per heavy atom. The Kier molecular flexibility index (Phi) is 6.66. The van der Waals surface area contributed by atoms with Crippen molar-refractivity contribution in [3.63, 3.8) is 0 Å². The van der Waals surface area contributed by atoms with Gasteiger partial charge in [-0.05, 0) is 55.9 Å². The van der Waals surface area contributed by atoms with E-state index >= 15 is 0 Å². The number of allylic oxidation sites excluding steroid dienone is 1. The van der Waals surface area contributed by atoms with Gasteiger partial charge in [-0.25, -0.2) is 0 Å². The highest BCUT2D eigenvalue weighted by Gasteiger charge is 2.22. The van der Waals surface area contributed by atoms with Crippen LogP contribution in [0.25, 0.3) is 5.57 Å². The minimum Gasteiger partial charge on any atom is -0.497 e. The third-order valence-electron chi connectivity index (χ3n) is 4.27. The van der Waals surface area contributed by atoms with Gasteiger partial charge in [-0.3, -0.25) is 4.79 Å². The van der Waals surface area contributed by atoms with Crippen LogP contribution in [0, 0.1) is 5.92 Å². The molecule has 1 heterocycles. The first-order valence-corrected chi connectivity index (χ1v) is 8.33. The van der Waals surface area contributed by atoms with E-state index in [2.05, 4.69) is 0 Å². The number of hydrogen-bond acceptors (Lipinski definition) is 3. The molecule has 0 bridgehead atoms. The molecule has 2 rings (SSSR count). The van der Waals surface area contributed by atoms with Crippen LogP contribution in [0.1, 0.15) is 32.3 Å². The van der Waals surface area contributed by atoms with Gasteiger partial charge in [0, 0.05) is 25.8 Å². The highest BCUT2D eigenvalue weighted by Crippen LogP contribution is 2.20. The molecule has 0 aliphatic carbocycles. The third kappa shape index (κ3) is 5.10. The summed E-state index contributed by atoms with van der Waals surface area (Å²) in [5, 5.41) is 0. The van der Waals surface area contributed by atoms with E-state index in [-0.39, 0.29) is 5.91 Å². The van der Waals surface area contributed by atoms with E-state index in [1.165, 1.54) is 0 Å². The molecule has 1 unspecified atom stereocenters. The van der Waals surface area contributed by atoms with Crippen LogP contribution in [0.4, 0.5) is 0 Å². The first-order valence-electron chi connectivity index (χ1n) is 8.33. The van der Waals surface area contributed by atoms with Gasteiger partial charge in [0.1, 0.15) is 5.75 Å². The molecule has 1 amide bonds. The van der Waals surface area contributed by atoms with Crippen LogP contribution in [0.2, 0.25) is 0 Å². The van der Waals surface area contributed by atoms with Crippen LogP contribution < -0.4 is 4.74 Å². The van der Waals surface area contributed by atoms with E-state index in [4.69, 9.17) is 9.47 Å². The van der Waals surface area contributed by atoms with E-state index in [1.54, 1.807) is 13.2 Å². The molecule has 1 saturated heterocycles. The van der Waals surface area contributed by atoms with Gasteiger partial charge in [-0.2, -0.15) is 0 Å². The monoisotopic (exact) mass is 317 g/mol. The Morgan fingerprint density at radius 1 is 1.35 bits per heavy atom. The lowest BCUT2D eigenvalue weighted by molar-refractivity contribution is -0.128. The topological polar surface area (TPSA) is 38.8 Å². The lowest BCUT2D eigenvalue weighted by Gasteiger charge is -2.32. The number of methoxy groups -OCH3 is 1. The van der Waals surface area contributed by atoms with E-state index < -0.39 is 0 Å². The van der Waals surface area contributed by atoms with Crippen LogP contribution in [-0.2, 0) is 9.53 Å². The molecule has 1 fully saturated rings. The number of likely N-dealkylation sites (tertiary alicyclic amines) is 1. The first-order chi connectivity index (χ1) is 11.1. The predicted molar refractivity (Wildman–Crippen MR) is 92.4 cm³/mol. The molecule has 0 N–H and O–H groups in total. The molecule has 23 heavy (non-hydrogen) atoms. The standard InChI is InChI=1S/C19H27NO3/c1-4-23-14-16-6-5-11-20(13-16)19(21)12-15(2)17-7-9-18(22-3)10-8-17/h7-10,12,16H,4-6,11,13-14H2,1-3H3/b15-12+. The summed E-state index contributed by atoms with van der Waals surface area (Å²) in [7, 11) is 1.65. The molecule has 4 nitrogen and oxygen atoms in total. The molecule has 0 spiro atoms. The highest BCUT2D eigenvalue weighted by molar-refractivity contribution is 5.94. The second-order valence-corrected chi connectivity index (χ2v) is 6.01. The first kappa shape index (κ1) is 17.5. The summed E-state index contributed by atoms with van der Waals surface area (Å²) in [6.07, 6.45) is 3.94. The van der Waals surface area contributed by atoms with Crippen LogP contribution in [0.3, 0.4) is 0 Å². The maximum atomic E-state index is 12.5. The number of piperidine rings is 1. The molecule has 1 aliphatic heterocycles. The Bertz CT molecular complexity index is 536. The van der Waals surface area contributed by atoms with Crippen molar-refractivity contribution < 1.29 is 14.3 Å².